The van der Waals surface area contributed by atoms with Gasteiger partial charge in [0.1, 0.15) is 0 Å². The topological polar surface area (TPSA) is 59.4 Å². The van der Waals surface area contributed by atoms with Crippen LogP contribution in [0.15, 0.2) is 17.1 Å². The van der Waals surface area contributed by atoms with Gasteiger partial charge in [0.05, 0.1) is 24.5 Å². The first-order chi connectivity index (χ1) is 9.70. The van der Waals surface area contributed by atoms with Crippen LogP contribution in [0.3, 0.4) is 0 Å². The van der Waals surface area contributed by atoms with Crippen LogP contribution in [-0.4, -0.2) is 49.2 Å². The minimum atomic E-state index is -0.0540. The molecule has 2 heterocycles. The van der Waals surface area contributed by atoms with Gasteiger partial charge in [0, 0.05) is 39.4 Å². The van der Waals surface area contributed by atoms with Gasteiger partial charge in [-0.05, 0) is 19.8 Å². The van der Waals surface area contributed by atoms with Gasteiger partial charge in [0.15, 0.2) is 0 Å². The highest BCUT2D eigenvalue weighted by Gasteiger charge is 2.14. The molecule has 0 aliphatic carbocycles. The maximum Gasteiger partial charge on any atom is 0.268 e. The van der Waals surface area contributed by atoms with E-state index in [1.165, 1.54) is 4.68 Å². The van der Waals surface area contributed by atoms with Crippen LogP contribution in [0.4, 0.5) is 5.69 Å². The van der Waals surface area contributed by atoms with Crippen LogP contribution in [0, 0.1) is 0 Å². The Morgan fingerprint density at radius 1 is 1.60 bits per heavy atom. The third-order valence-corrected chi connectivity index (χ3v) is 3.67. The van der Waals surface area contributed by atoms with E-state index in [2.05, 4.69) is 10.4 Å². The van der Waals surface area contributed by atoms with E-state index in [1.54, 1.807) is 12.3 Å². The maximum absolute atomic E-state index is 11.9. The molecular weight excluding hydrogens is 256 g/mol. The smallest absolute Gasteiger partial charge is 0.268 e. The molecule has 1 N–H and O–H groups in total. The van der Waals surface area contributed by atoms with Crippen molar-refractivity contribution in [1.82, 2.24) is 15.1 Å². The third kappa shape index (κ3) is 4.05. The number of aromatic nitrogens is 2. The summed E-state index contributed by atoms with van der Waals surface area (Å²) in [6.07, 6.45) is 4.36. The zero-order valence-corrected chi connectivity index (χ0v) is 12.3. The first kappa shape index (κ1) is 15.0. The Hall–Kier alpha value is -1.40. The minimum Gasteiger partial charge on any atom is -0.377 e. The molecule has 1 aromatic rings. The number of hydrogen-bond donors (Lipinski definition) is 1. The normalized spacial score (nSPS) is 18.4. The van der Waals surface area contributed by atoms with Gasteiger partial charge in [-0.3, -0.25) is 4.79 Å². The Balaban J connectivity index is 1.79. The average molecular weight is 280 g/mol. The second-order valence-corrected chi connectivity index (χ2v) is 5.13. The quantitative estimate of drug-likeness (QED) is 0.736. The molecule has 1 aliphatic heterocycles. The van der Waals surface area contributed by atoms with Gasteiger partial charge in [-0.15, -0.1) is 0 Å². The Morgan fingerprint density at radius 3 is 3.10 bits per heavy atom. The summed E-state index contributed by atoms with van der Waals surface area (Å²) in [6.45, 7) is 5.94. The first-order valence-corrected chi connectivity index (χ1v) is 7.31. The summed E-state index contributed by atoms with van der Waals surface area (Å²) < 4.78 is 7.03. The van der Waals surface area contributed by atoms with Crippen molar-refractivity contribution in [2.24, 2.45) is 0 Å². The van der Waals surface area contributed by atoms with Gasteiger partial charge < -0.3 is 15.0 Å². The highest BCUT2D eigenvalue weighted by molar-refractivity contribution is 5.41. The van der Waals surface area contributed by atoms with E-state index < -0.39 is 0 Å². The zero-order chi connectivity index (χ0) is 14.4. The molecule has 6 heteroatoms. The summed E-state index contributed by atoms with van der Waals surface area (Å²) in [7, 11) is 1.95. The lowest BCUT2D eigenvalue weighted by atomic mass is 10.2. The number of nitrogens with zero attached hydrogens (tertiary/aromatic N) is 3. The molecule has 1 fully saturated rings. The van der Waals surface area contributed by atoms with E-state index >= 15 is 0 Å². The van der Waals surface area contributed by atoms with Crippen LogP contribution in [-0.2, 0) is 11.3 Å². The Morgan fingerprint density at radius 2 is 2.45 bits per heavy atom. The second-order valence-electron chi connectivity index (χ2n) is 5.13. The van der Waals surface area contributed by atoms with Crippen LogP contribution in [0.25, 0.3) is 0 Å². The summed E-state index contributed by atoms with van der Waals surface area (Å²) in [5.74, 6) is 0. The number of nitrogens with one attached hydrogen (secondary N) is 1. The molecule has 0 saturated carbocycles. The van der Waals surface area contributed by atoms with Crippen LogP contribution < -0.4 is 15.8 Å². The number of anilines is 1. The molecule has 112 valence electrons. The molecular formula is C14H24N4O2. The zero-order valence-electron chi connectivity index (χ0n) is 12.3. The fraction of sp³-hybridized carbons (Fsp3) is 0.714. The summed E-state index contributed by atoms with van der Waals surface area (Å²) in [5.41, 5.74) is 0.808. The Kier molecular flexibility index (Phi) is 5.55. The van der Waals surface area contributed by atoms with Gasteiger partial charge in [-0.25, -0.2) is 4.68 Å². The molecule has 1 unspecified atom stereocenters. The predicted octanol–water partition coefficient (Wildman–Crippen LogP) is 0.468. The summed E-state index contributed by atoms with van der Waals surface area (Å²) in [5, 5.41) is 7.52. The van der Waals surface area contributed by atoms with Crippen molar-refractivity contribution in [1.29, 1.82) is 0 Å². The molecule has 0 amide bonds. The summed E-state index contributed by atoms with van der Waals surface area (Å²) in [6, 6.07) is 1.64. The molecule has 6 nitrogen and oxygen atoms in total. The van der Waals surface area contributed by atoms with Crippen molar-refractivity contribution in [3.63, 3.8) is 0 Å². The van der Waals surface area contributed by atoms with Crippen molar-refractivity contribution in [2.75, 3.05) is 38.2 Å². The number of rotatable bonds is 7. The molecule has 1 saturated heterocycles. The van der Waals surface area contributed by atoms with Crippen molar-refractivity contribution in [3.8, 4) is 0 Å². The fourth-order valence-electron chi connectivity index (χ4n) is 2.24. The maximum atomic E-state index is 11.9. The molecule has 1 atom stereocenters. The molecule has 20 heavy (non-hydrogen) atoms. The molecule has 0 bridgehead atoms. The predicted molar refractivity (Wildman–Crippen MR) is 79.3 cm³/mol. The minimum absolute atomic E-state index is 0.0540. The molecule has 1 aromatic heterocycles. The van der Waals surface area contributed by atoms with Crippen molar-refractivity contribution >= 4 is 5.69 Å². The lowest BCUT2D eigenvalue weighted by Crippen LogP contribution is -2.33. The van der Waals surface area contributed by atoms with Crippen LogP contribution >= 0.6 is 0 Å². The third-order valence-electron chi connectivity index (χ3n) is 3.67. The monoisotopic (exact) mass is 280 g/mol. The first-order valence-electron chi connectivity index (χ1n) is 7.31. The SMILES string of the molecule is CCN(C)c1cnn(CCNCC2CCCO2)c(=O)c1. The van der Waals surface area contributed by atoms with Crippen molar-refractivity contribution < 1.29 is 4.74 Å². The van der Waals surface area contributed by atoms with Gasteiger partial charge >= 0.3 is 0 Å². The van der Waals surface area contributed by atoms with Crippen LogP contribution in [0.2, 0.25) is 0 Å². The molecule has 2 rings (SSSR count). The second kappa shape index (κ2) is 7.40. The van der Waals surface area contributed by atoms with Gasteiger partial charge in [0.2, 0.25) is 0 Å². The average Bonchev–Trinajstić information content (AvgIpc) is 2.97. The largest absolute Gasteiger partial charge is 0.377 e. The van der Waals surface area contributed by atoms with Gasteiger partial charge in [0.25, 0.3) is 5.56 Å². The lowest BCUT2D eigenvalue weighted by molar-refractivity contribution is 0.110. The Labute approximate surface area is 119 Å². The van der Waals surface area contributed by atoms with E-state index in [0.717, 1.165) is 44.8 Å². The number of hydrogen-bond acceptors (Lipinski definition) is 5. The van der Waals surface area contributed by atoms with E-state index in [4.69, 9.17) is 4.74 Å². The van der Waals surface area contributed by atoms with Crippen molar-refractivity contribution in [2.45, 2.75) is 32.4 Å². The van der Waals surface area contributed by atoms with E-state index in [-0.39, 0.29) is 5.56 Å². The van der Waals surface area contributed by atoms with Crippen LogP contribution in [0.1, 0.15) is 19.8 Å². The van der Waals surface area contributed by atoms with E-state index in [1.807, 2.05) is 18.9 Å². The summed E-state index contributed by atoms with van der Waals surface area (Å²) in [4.78, 5) is 13.9. The highest BCUT2D eigenvalue weighted by atomic mass is 16.5. The van der Waals surface area contributed by atoms with E-state index in [9.17, 15) is 4.79 Å². The molecule has 1 aliphatic rings. The standard InChI is InChI=1S/C14H24N4O2/c1-3-17(2)12-9-14(19)18(16-10-12)7-6-15-11-13-5-4-8-20-13/h9-10,13,15H,3-8,11H2,1-2H3. The lowest BCUT2D eigenvalue weighted by Gasteiger charge is -2.16. The molecule has 0 radical (unpaired) electrons. The molecule has 0 aromatic carbocycles. The summed E-state index contributed by atoms with van der Waals surface area (Å²) >= 11 is 0. The van der Waals surface area contributed by atoms with Gasteiger partial charge in [-0.1, -0.05) is 0 Å². The van der Waals surface area contributed by atoms with Gasteiger partial charge in [-0.2, -0.15) is 5.10 Å². The molecule has 0 spiro atoms. The number of ether oxygens (including phenoxy) is 1. The van der Waals surface area contributed by atoms with Crippen LogP contribution in [0.5, 0.6) is 0 Å². The Bertz CT molecular complexity index is 468. The fourth-order valence-corrected chi connectivity index (χ4v) is 2.24. The van der Waals surface area contributed by atoms with Crippen molar-refractivity contribution in [3.05, 3.63) is 22.6 Å². The van der Waals surface area contributed by atoms with E-state index in [0.29, 0.717) is 12.6 Å². The highest BCUT2D eigenvalue weighted by Crippen LogP contribution is 2.10.